The maximum atomic E-state index is 12.9. The molecule has 0 spiro atoms. The van der Waals surface area contributed by atoms with Gasteiger partial charge in [0.15, 0.2) is 11.3 Å². The van der Waals surface area contributed by atoms with Gasteiger partial charge in [-0.1, -0.05) is 0 Å². The predicted octanol–water partition coefficient (Wildman–Crippen LogP) is 2.11. The first-order valence-electron chi connectivity index (χ1n) is 5.68. The van der Waals surface area contributed by atoms with Gasteiger partial charge in [0.05, 0.1) is 0 Å². The molecule has 0 unspecified atom stereocenters. The van der Waals surface area contributed by atoms with Crippen LogP contribution in [0.5, 0.6) is 0 Å². The average Bonchev–Trinajstić information content (AvgIpc) is 2.38. The lowest BCUT2D eigenvalue weighted by Gasteiger charge is -2.19. The minimum Gasteiger partial charge on any atom is -0.326 e. The highest BCUT2D eigenvalue weighted by Crippen LogP contribution is 2.18. The van der Waals surface area contributed by atoms with E-state index in [-0.39, 0.29) is 17.1 Å². The second-order valence-corrected chi connectivity index (χ2v) is 4.09. The van der Waals surface area contributed by atoms with E-state index < -0.39 is 0 Å². The zero-order valence-electron chi connectivity index (χ0n) is 10.7. The number of anilines is 2. The molecule has 0 aliphatic carbocycles. The second kappa shape index (κ2) is 5.01. The molecule has 1 aromatic carbocycles. The van der Waals surface area contributed by atoms with Crippen LogP contribution in [0, 0.1) is 16.6 Å². The molecule has 6 heteroatoms. The van der Waals surface area contributed by atoms with E-state index in [1.54, 1.807) is 37.2 Å². The first-order chi connectivity index (χ1) is 9.00. The van der Waals surface area contributed by atoms with Crippen LogP contribution >= 0.6 is 0 Å². The summed E-state index contributed by atoms with van der Waals surface area (Å²) in [7, 11) is 1.75. The van der Waals surface area contributed by atoms with Crippen molar-refractivity contribution in [1.82, 2.24) is 9.55 Å². The number of aromatic nitrogens is 2. The number of nitrogens with zero attached hydrogens (tertiary/aromatic N) is 3. The van der Waals surface area contributed by atoms with Crippen molar-refractivity contribution in [3.05, 3.63) is 48.0 Å². The van der Waals surface area contributed by atoms with Gasteiger partial charge >= 0.3 is 0 Å². The van der Waals surface area contributed by atoms with E-state index in [0.717, 1.165) is 5.69 Å². The van der Waals surface area contributed by atoms with Crippen LogP contribution in [0.4, 0.5) is 15.9 Å². The zero-order valence-corrected chi connectivity index (χ0v) is 10.7. The number of rotatable bonds is 2. The summed E-state index contributed by atoms with van der Waals surface area (Å²) in [4.78, 5) is 5.83. The fraction of sp³-hybridized carbons (Fsp3) is 0.154. The molecule has 0 fully saturated rings. The zero-order chi connectivity index (χ0) is 14.0. The molecule has 2 N–H and O–H groups in total. The lowest BCUT2D eigenvalue weighted by Crippen LogP contribution is -2.30. The summed E-state index contributed by atoms with van der Waals surface area (Å²) in [6.07, 6.45) is 3.10. The smallest absolute Gasteiger partial charge is 0.176 e. The Hall–Kier alpha value is -2.50. The van der Waals surface area contributed by atoms with Crippen molar-refractivity contribution in [2.45, 2.75) is 6.92 Å². The van der Waals surface area contributed by atoms with Crippen LogP contribution in [-0.2, 0) is 0 Å². The van der Waals surface area contributed by atoms with Gasteiger partial charge in [0.1, 0.15) is 11.7 Å². The van der Waals surface area contributed by atoms with Gasteiger partial charge < -0.3 is 4.90 Å². The largest absolute Gasteiger partial charge is 0.326 e. The van der Waals surface area contributed by atoms with Crippen LogP contribution in [-0.4, -0.2) is 22.4 Å². The third-order valence-corrected chi connectivity index (χ3v) is 2.76. The summed E-state index contributed by atoms with van der Waals surface area (Å²) in [6.45, 7) is 1.60. The molecule has 0 bridgehead atoms. The van der Waals surface area contributed by atoms with E-state index in [4.69, 9.17) is 10.8 Å². The minimum absolute atomic E-state index is 0.113. The molecule has 98 valence electrons. The molecule has 2 rings (SSSR count). The minimum atomic E-state index is -0.310. The number of hydrogen-bond acceptors (Lipinski definition) is 4. The monoisotopic (exact) mass is 259 g/mol. The van der Waals surface area contributed by atoms with E-state index >= 15 is 0 Å². The summed E-state index contributed by atoms with van der Waals surface area (Å²) in [6, 6.07) is 5.94. The predicted molar refractivity (Wildman–Crippen MR) is 71.3 cm³/mol. The molecule has 0 saturated heterocycles. The Bertz CT molecular complexity index is 659. The van der Waals surface area contributed by atoms with E-state index in [0.29, 0.717) is 5.82 Å². The molecule has 2 aromatic rings. The van der Waals surface area contributed by atoms with E-state index in [2.05, 4.69) is 4.98 Å². The number of nitrogens with one attached hydrogen (secondary N) is 2. The first kappa shape index (κ1) is 12.9. The van der Waals surface area contributed by atoms with Crippen molar-refractivity contribution in [3.63, 3.8) is 0 Å². The van der Waals surface area contributed by atoms with Crippen LogP contribution in [0.1, 0.15) is 6.92 Å². The Kier molecular flexibility index (Phi) is 3.41. The normalized spacial score (nSPS) is 10.3. The molecular weight excluding hydrogens is 245 g/mol. The van der Waals surface area contributed by atoms with Gasteiger partial charge in [0, 0.05) is 25.1 Å². The molecule has 0 atom stereocenters. The molecule has 0 aliphatic heterocycles. The molecule has 0 aliphatic rings. The molecule has 0 radical (unpaired) electrons. The van der Waals surface area contributed by atoms with Crippen molar-refractivity contribution in [2.75, 3.05) is 11.9 Å². The van der Waals surface area contributed by atoms with Gasteiger partial charge in [-0.2, -0.15) is 0 Å². The Balaban J connectivity index is 2.47. The van der Waals surface area contributed by atoms with Gasteiger partial charge in [0.2, 0.25) is 0 Å². The lowest BCUT2D eigenvalue weighted by atomic mass is 10.3. The number of halogens is 1. The fourth-order valence-electron chi connectivity index (χ4n) is 1.73. The number of hydrogen-bond donors (Lipinski definition) is 2. The van der Waals surface area contributed by atoms with E-state index in [9.17, 15) is 4.39 Å². The third-order valence-electron chi connectivity index (χ3n) is 2.76. The maximum Gasteiger partial charge on any atom is 0.176 e. The Labute approximate surface area is 110 Å². The van der Waals surface area contributed by atoms with E-state index in [1.807, 2.05) is 0 Å². The summed E-state index contributed by atoms with van der Waals surface area (Å²) >= 11 is 0. The van der Waals surface area contributed by atoms with Crippen molar-refractivity contribution in [1.29, 1.82) is 10.8 Å². The fourth-order valence-corrected chi connectivity index (χ4v) is 1.73. The van der Waals surface area contributed by atoms with Crippen LogP contribution in [0.25, 0.3) is 0 Å². The summed E-state index contributed by atoms with van der Waals surface area (Å²) in [5.74, 6) is 0.330. The van der Waals surface area contributed by atoms with Crippen molar-refractivity contribution < 1.29 is 4.39 Å². The van der Waals surface area contributed by atoms with Crippen LogP contribution < -0.4 is 10.4 Å². The molecule has 5 nitrogen and oxygen atoms in total. The molecular formula is C13H14FN5. The molecule has 19 heavy (non-hydrogen) atoms. The molecule has 0 amide bonds. The van der Waals surface area contributed by atoms with Gasteiger partial charge in [-0.3, -0.25) is 15.4 Å². The maximum absolute atomic E-state index is 12.9. The van der Waals surface area contributed by atoms with Gasteiger partial charge in [0.25, 0.3) is 0 Å². The number of benzene rings is 1. The summed E-state index contributed by atoms with van der Waals surface area (Å²) in [5.41, 5.74) is 0.838. The summed E-state index contributed by atoms with van der Waals surface area (Å²) < 4.78 is 14.3. The summed E-state index contributed by atoms with van der Waals surface area (Å²) in [5, 5.41) is 15.6. The van der Waals surface area contributed by atoms with Crippen molar-refractivity contribution in [2.24, 2.45) is 0 Å². The van der Waals surface area contributed by atoms with Crippen LogP contribution in [0.2, 0.25) is 0 Å². The highest BCUT2D eigenvalue weighted by atomic mass is 19.1. The van der Waals surface area contributed by atoms with E-state index in [1.165, 1.54) is 22.9 Å². The second-order valence-electron chi connectivity index (χ2n) is 4.09. The molecule has 0 saturated carbocycles. The highest BCUT2D eigenvalue weighted by Gasteiger charge is 2.10. The highest BCUT2D eigenvalue weighted by molar-refractivity contribution is 5.79. The Morgan fingerprint density at radius 2 is 1.95 bits per heavy atom. The van der Waals surface area contributed by atoms with Crippen LogP contribution in [0.15, 0.2) is 36.7 Å². The SMILES string of the molecule is CC(=N)n1ccnc(N(C)c2ccc(F)cc2)c1=N. The Morgan fingerprint density at radius 3 is 2.53 bits per heavy atom. The standard InChI is InChI=1S/C13H14FN5/c1-9(15)19-8-7-17-13(12(19)16)18(2)11-5-3-10(14)4-6-11/h3-8,15-16H,1-2H3. The van der Waals surface area contributed by atoms with Gasteiger partial charge in [-0.25, -0.2) is 9.37 Å². The first-order valence-corrected chi connectivity index (χ1v) is 5.68. The lowest BCUT2D eigenvalue weighted by molar-refractivity contribution is 0.628. The topological polar surface area (TPSA) is 68.8 Å². The molecule has 1 heterocycles. The van der Waals surface area contributed by atoms with Crippen molar-refractivity contribution in [3.8, 4) is 0 Å². The van der Waals surface area contributed by atoms with Gasteiger partial charge in [-0.05, 0) is 31.2 Å². The van der Waals surface area contributed by atoms with Crippen LogP contribution in [0.3, 0.4) is 0 Å². The Morgan fingerprint density at radius 1 is 1.32 bits per heavy atom. The third kappa shape index (κ3) is 2.52. The van der Waals surface area contributed by atoms with Crippen molar-refractivity contribution >= 4 is 17.3 Å². The molecule has 1 aromatic heterocycles. The van der Waals surface area contributed by atoms with Gasteiger partial charge in [-0.15, -0.1) is 0 Å². The average molecular weight is 259 g/mol. The quantitative estimate of drug-likeness (QED) is 0.640.